The highest BCUT2D eigenvalue weighted by molar-refractivity contribution is 9.10. The third kappa shape index (κ3) is 3.36. The Hall–Kier alpha value is -0.890. The van der Waals surface area contributed by atoms with E-state index in [1.807, 2.05) is 6.92 Å². The van der Waals surface area contributed by atoms with Gasteiger partial charge in [-0.1, -0.05) is 6.92 Å². The topological polar surface area (TPSA) is 81.1 Å². The van der Waals surface area contributed by atoms with Gasteiger partial charge in [0.25, 0.3) is 5.56 Å². The third-order valence-electron chi connectivity index (χ3n) is 3.01. The molecule has 1 aromatic rings. The molecule has 0 radical (unpaired) electrons. The van der Waals surface area contributed by atoms with Crippen LogP contribution in [-0.2, 0) is 16.4 Å². The van der Waals surface area contributed by atoms with E-state index in [-0.39, 0.29) is 23.1 Å². The van der Waals surface area contributed by atoms with Gasteiger partial charge in [0.2, 0.25) is 0 Å². The van der Waals surface area contributed by atoms with Crippen molar-refractivity contribution in [1.82, 2.24) is 9.78 Å². The zero-order valence-corrected chi connectivity index (χ0v) is 13.0. The predicted molar refractivity (Wildman–Crippen MR) is 77.2 cm³/mol. The molecule has 8 heteroatoms. The van der Waals surface area contributed by atoms with Crippen molar-refractivity contribution in [2.45, 2.75) is 32.4 Å². The van der Waals surface area contributed by atoms with Crippen molar-refractivity contribution in [3.05, 3.63) is 21.0 Å². The predicted octanol–water partition coefficient (Wildman–Crippen LogP) is 1.01. The van der Waals surface area contributed by atoms with Gasteiger partial charge in [0.05, 0.1) is 23.4 Å². The van der Waals surface area contributed by atoms with Gasteiger partial charge in [-0.2, -0.15) is 5.10 Å². The molecule has 6 nitrogen and oxygen atoms in total. The van der Waals surface area contributed by atoms with Gasteiger partial charge in [0.1, 0.15) is 4.47 Å². The van der Waals surface area contributed by atoms with Gasteiger partial charge in [-0.3, -0.25) is 4.79 Å². The lowest BCUT2D eigenvalue weighted by molar-refractivity contribution is 0.565. The number of nitrogens with zero attached hydrogens (tertiary/aromatic N) is 2. The Bertz CT molecular complexity index is 627. The molecule has 2 heterocycles. The van der Waals surface area contributed by atoms with Gasteiger partial charge in [-0.05, 0) is 28.8 Å². The zero-order valence-electron chi connectivity index (χ0n) is 10.6. The van der Waals surface area contributed by atoms with Crippen LogP contribution in [0.15, 0.2) is 15.5 Å². The third-order valence-corrected chi connectivity index (χ3v) is 5.55. The average molecular weight is 350 g/mol. The number of nitrogens with one attached hydrogen (secondary N) is 1. The fourth-order valence-electron chi connectivity index (χ4n) is 2.07. The second-order valence-electron chi connectivity index (χ2n) is 4.64. The van der Waals surface area contributed by atoms with Gasteiger partial charge in [-0.15, -0.1) is 0 Å². The van der Waals surface area contributed by atoms with Gasteiger partial charge >= 0.3 is 0 Å². The number of hydrogen-bond acceptors (Lipinski definition) is 5. The van der Waals surface area contributed by atoms with E-state index < -0.39 is 9.84 Å². The molecule has 0 amide bonds. The summed E-state index contributed by atoms with van der Waals surface area (Å²) >= 11 is 3.25. The second kappa shape index (κ2) is 5.62. The number of sulfone groups is 1. The Labute approximate surface area is 120 Å². The number of aromatic nitrogens is 2. The molecule has 1 aromatic heterocycles. The van der Waals surface area contributed by atoms with Crippen LogP contribution in [0.25, 0.3) is 0 Å². The number of halogens is 1. The van der Waals surface area contributed by atoms with E-state index in [4.69, 9.17) is 0 Å². The normalized spacial score (nSPS) is 21.5. The molecule has 1 aliphatic rings. The first kappa shape index (κ1) is 14.5. The van der Waals surface area contributed by atoms with E-state index in [9.17, 15) is 13.2 Å². The smallest absolute Gasteiger partial charge is 0.283 e. The van der Waals surface area contributed by atoms with E-state index in [2.05, 4.69) is 26.3 Å². The summed E-state index contributed by atoms with van der Waals surface area (Å²) in [6.07, 6.45) is 2.95. The lowest BCUT2D eigenvalue weighted by Gasteiger charge is -2.14. The number of anilines is 1. The first-order valence-electron chi connectivity index (χ1n) is 6.15. The zero-order chi connectivity index (χ0) is 14.0. The first-order chi connectivity index (χ1) is 8.93. The van der Waals surface area contributed by atoms with Crippen molar-refractivity contribution in [1.29, 1.82) is 0 Å². The Morgan fingerprint density at radius 1 is 1.58 bits per heavy atom. The van der Waals surface area contributed by atoms with Crippen molar-refractivity contribution >= 4 is 31.5 Å². The first-order valence-corrected chi connectivity index (χ1v) is 8.77. The number of hydrogen-bond donors (Lipinski definition) is 1. The highest BCUT2D eigenvalue weighted by Gasteiger charge is 2.28. The van der Waals surface area contributed by atoms with E-state index in [1.165, 1.54) is 4.68 Å². The van der Waals surface area contributed by atoms with E-state index in [1.54, 1.807) is 6.20 Å². The Kier molecular flexibility index (Phi) is 4.29. The Morgan fingerprint density at radius 3 is 2.89 bits per heavy atom. The summed E-state index contributed by atoms with van der Waals surface area (Å²) < 4.78 is 24.6. The molecule has 1 unspecified atom stereocenters. The molecule has 0 bridgehead atoms. The minimum Gasteiger partial charge on any atom is -0.379 e. The highest BCUT2D eigenvalue weighted by atomic mass is 79.9. The molecule has 2 rings (SSSR count). The summed E-state index contributed by atoms with van der Waals surface area (Å²) in [6, 6.07) is -0.149. The summed E-state index contributed by atoms with van der Waals surface area (Å²) in [6.45, 7) is 2.53. The monoisotopic (exact) mass is 349 g/mol. The van der Waals surface area contributed by atoms with Crippen molar-refractivity contribution < 1.29 is 8.42 Å². The largest absolute Gasteiger partial charge is 0.379 e. The van der Waals surface area contributed by atoms with Crippen LogP contribution < -0.4 is 10.9 Å². The van der Waals surface area contributed by atoms with Gasteiger partial charge < -0.3 is 5.32 Å². The summed E-state index contributed by atoms with van der Waals surface area (Å²) in [7, 11) is -2.94. The van der Waals surface area contributed by atoms with Crippen LogP contribution in [0.4, 0.5) is 5.69 Å². The lowest BCUT2D eigenvalue weighted by Crippen LogP contribution is -2.27. The maximum Gasteiger partial charge on any atom is 0.283 e. The minimum absolute atomic E-state index is 0.109. The molecule has 1 N–H and O–H groups in total. The molecule has 106 valence electrons. The van der Waals surface area contributed by atoms with E-state index >= 15 is 0 Å². The fraction of sp³-hybridized carbons (Fsp3) is 0.636. The molecule has 1 aliphatic heterocycles. The maximum atomic E-state index is 12.0. The fourth-order valence-corrected chi connectivity index (χ4v) is 4.16. The van der Waals surface area contributed by atoms with Gasteiger partial charge in [0, 0.05) is 12.6 Å². The van der Waals surface area contributed by atoms with Crippen molar-refractivity contribution in [3.63, 3.8) is 0 Å². The SMILES string of the molecule is CCCn1ncc(NC2CCS(=O)(=O)C2)c(Br)c1=O. The Morgan fingerprint density at radius 2 is 2.32 bits per heavy atom. The Balaban J connectivity index is 2.18. The van der Waals surface area contributed by atoms with Crippen LogP contribution in [0, 0.1) is 0 Å². The molecule has 1 atom stereocenters. The van der Waals surface area contributed by atoms with Crippen LogP contribution in [0.2, 0.25) is 0 Å². The van der Waals surface area contributed by atoms with Crippen LogP contribution in [0.1, 0.15) is 19.8 Å². The van der Waals surface area contributed by atoms with E-state index in [0.29, 0.717) is 23.1 Å². The number of aryl methyl sites for hydroxylation is 1. The molecular formula is C11H16BrN3O3S. The highest BCUT2D eigenvalue weighted by Crippen LogP contribution is 2.21. The van der Waals surface area contributed by atoms with Crippen LogP contribution >= 0.6 is 15.9 Å². The molecule has 19 heavy (non-hydrogen) atoms. The number of rotatable bonds is 4. The molecular weight excluding hydrogens is 334 g/mol. The van der Waals surface area contributed by atoms with Crippen LogP contribution in [-0.4, -0.2) is 35.7 Å². The summed E-state index contributed by atoms with van der Waals surface area (Å²) in [5.74, 6) is 0.306. The van der Waals surface area contributed by atoms with Crippen molar-refractivity contribution in [3.8, 4) is 0 Å². The van der Waals surface area contributed by atoms with Crippen molar-refractivity contribution in [2.24, 2.45) is 0 Å². The average Bonchev–Trinajstić information content (AvgIpc) is 2.69. The van der Waals surface area contributed by atoms with Crippen LogP contribution in [0.5, 0.6) is 0 Å². The summed E-state index contributed by atoms with van der Waals surface area (Å²) in [4.78, 5) is 12.0. The van der Waals surface area contributed by atoms with Crippen molar-refractivity contribution in [2.75, 3.05) is 16.8 Å². The van der Waals surface area contributed by atoms with Gasteiger partial charge in [0.15, 0.2) is 9.84 Å². The van der Waals surface area contributed by atoms with Gasteiger partial charge in [-0.25, -0.2) is 13.1 Å². The molecule has 1 fully saturated rings. The summed E-state index contributed by atoms with van der Waals surface area (Å²) in [5.41, 5.74) is 0.354. The lowest BCUT2D eigenvalue weighted by atomic mass is 10.2. The van der Waals surface area contributed by atoms with E-state index in [0.717, 1.165) is 6.42 Å². The van der Waals surface area contributed by atoms with Crippen LogP contribution in [0.3, 0.4) is 0 Å². The minimum atomic E-state index is -2.94. The second-order valence-corrected chi connectivity index (χ2v) is 7.67. The molecule has 1 saturated heterocycles. The molecule has 0 saturated carbocycles. The molecule has 0 spiro atoms. The molecule has 0 aromatic carbocycles. The standard InChI is InChI=1S/C11H16BrN3O3S/c1-2-4-15-11(16)10(12)9(6-13-15)14-8-3-5-19(17,18)7-8/h6,8,14H,2-5,7H2,1H3. The quantitative estimate of drug-likeness (QED) is 0.877. The molecule has 0 aliphatic carbocycles. The summed E-state index contributed by atoms with van der Waals surface area (Å²) in [5, 5.41) is 7.14. The maximum absolute atomic E-state index is 12.0.